The predicted octanol–water partition coefficient (Wildman–Crippen LogP) is 5.06. The molecule has 2 unspecified atom stereocenters. The lowest BCUT2D eigenvalue weighted by molar-refractivity contribution is 0.592. The van der Waals surface area contributed by atoms with E-state index < -0.39 is 14.3 Å². The van der Waals surface area contributed by atoms with Gasteiger partial charge < -0.3 is 14.0 Å². The van der Waals surface area contributed by atoms with E-state index in [1.54, 1.807) is 0 Å². The normalized spacial score (nSPS) is 21.5. The Morgan fingerprint density at radius 3 is 1.23 bits per heavy atom. The van der Waals surface area contributed by atoms with Crippen LogP contribution in [0, 0.1) is 0 Å². The Hall–Kier alpha value is -3.64. The van der Waals surface area contributed by atoms with Crippen molar-refractivity contribution < 1.29 is 9.13 Å². The zero-order chi connectivity index (χ0) is 23.6. The summed E-state index contributed by atoms with van der Waals surface area (Å²) in [6.07, 6.45) is 0. The van der Waals surface area contributed by atoms with Crippen LogP contribution in [0.3, 0.4) is 0 Å². The third-order valence-corrected chi connectivity index (χ3v) is 13.3. The van der Waals surface area contributed by atoms with Crippen molar-refractivity contribution in [3.8, 4) is 0 Å². The Morgan fingerprint density at radius 2 is 0.771 bits per heavy atom. The van der Waals surface area contributed by atoms with Crippen molar-refractivity contribution in [3.05, 3.63) is 127 Å². The lowest BCUT2D eigenvalue weighted by Gasteiger charge is -2.44. The van der Waals surface area contributed by atoms with Gasteiger partial charge in [-0.1, -0.05) is 91.0 Å². The van der Waals surface area contributed by atoms with E-state index in [4.69, 9.17) is 0 Å². The number of para-hydroxylation sites is 3. The molecule has 0 bridgehead atoms. The van der Waals surface area contributed by atoms with Gasteiger partial charge in [-0.3, -0.25) is 0 Å². The summed E-state index contributed by atoms with van der Waals surface area (Å²) in [6, 6.07) is 41.1. The van der Waals surface area contributed by atoms with Crippen molar-refractivity contribution >= 4 is 63.2 Å². The largest absolute Gasteiger partial charge is 0.308 e. The van der Waals surface area contributed by atoms with Crippen LogP contribution in [0.5, 0.6) is 0 Å². The van der Waals surface area contributed by atoms with E-state index in [1.165, 1.54) is 0 Å². The maximum Gasteiger partial charge on any atom is 0.175 e. The van der Waals surface area contributed by atoms with Gasteiger partial charge in [0.2, 0.25) is 0 Å². The van der Waals surface area contributed by atoms with Gasteiger partial charge in [-0.15, -0.1) is 0 Å². The summed E-state index contributed by atoms with van der Waals surface area (Å²) in [5, 5.41) is 4.67. The van der Waals surface area contributed by atoms with Gasteiger partial charge in [-0.05, 0) is 36.4 Å². The minimum absolute atomic E-state index is 0.741. The van der Waals surface area contributed by atoms with Crippen LogP contribution in [0.2, 0.25) is 0 Å². The second-order valence-electron chi connectivity index (χ2n) is 8.85. The first-order chi connectivity index (χ1) is 17.1. The van der Waals surface area contributed by atoms with Crippen molar-refractivity contribution in [2.45, 2.75) is 0 Å². The molecule has 5 aromatic rings. The van der Waals surface area contributed by atoms with Crippen molar-refractivity contribution in [2.24, 2.45) is 0 Å². The highest BCUT2D eigenvalue weighted by molar-refractivity contribution is 7.88. The second-order valence-corrected chi connectivity index (χ2v) is 14.2. The van der Waals surface area contributed by atoms with Gasteiger partial charge in [-0.2, -0.15) is 0 Å². The summed E-state index contributed by atoms with van der Waals surface area (Å²) in [5.74, 6) is 0. The van der Waals surface area contributed by atoms with E-state index in [-0.39, 0.29) is 0 Å². The van der Waals surface area contributed by atoms with Crippen molar-refractivity contribution in [1.82, 2.24) is 0 Å². The molecule has 5 heteroatoms. The van der Waals surface area contributed by atoms with E-state index in [0.717, 1.165) is 48.9 Å². The van der Waals surface area contributed by atoms with E-state index >= 15 is 9.13 Å². The molecule has 2 atom stereocenters. The van der Waals surface area contributed by atoms with Crippen LogP contribution < -0.4 is 36.7 Å². The Bertz CT molecular complexity index is 1590. The zero-order valence-corrected chi connectivity index (χ0v) is 20.6. The third kappa shape index (κ3) is 2.63. The molecule has 0 saturated carbocycles. The average Bonchev–Trinajstić information content (AvgIpc) is 2.93. The Labute approximate surface area is 204 Å². The maximum atomic E-state index is 15.3. The molecule has 0 spiro atoms. The van der Waals surface area contributed by atoms with Gasteiger partial charge in [0, 0.05) is 31.8 Å². The molecule has 2 heterocycles. The molecule has 0 radical (unpaired) electrons. The lowest BCUT2D eigenvalue weighted by atomic mass is 10.1. The second kappa shape index (κ2) is 7.43. The van der Waals surface area contributed by atoms with E-state index in [0.29, 0.717) is 0 Å². The van der Waals surface area contributed by atoms with E-state index in [1.807, 2.05) is 127 Å². The summed E-state index contributed by atoms with van der Waals surface area (Å²) in [6.45, 7) is 0. The average molecular weight is 489 g/mol. The number of anilines is 3. The number of hydrogen-bond donors (Lipinski definition) is 0. The standard InChI is InChI=1S/C30H21NO2P2/c32-34(22-12-3-1-4-13-22)26-18-9-7-16-24(26)31-25-17-8-10-19-27(25)35(33,23-14-5-2-6-15-23)29-21-11-20-28(34)30(29)31/h1-21H. The summed E-state index contributed by atoms with van der Waals surface area (Å²) in [4.78, 5) is 2.17. The fourth-order valence-electron chi connectivity index (χ4n) is 5.56. The van der Waals surface area contributed by atoms with Gasteiger partial charge in [0.25, 0.3) is 0 Å². The number of benzene rings is 5. The van der Waals surface area contributed by atoms with Crippen LogP contribution in [0.4, 0.5) is 17.1 Å². The molecule has 5 aromatic carbocycles. The topological polar surface area (TPSA) is 37.4 Å². The van der Waals surface area contributed by atoms with Gasteiger partial charge in [-0.25, -0.2) is 0 Å². The highest BCUT2D eigenvalue weighted by Gasteiger charge is 2.49. The minimum atomic E-state index is -3.21. The third-order valence-electron chi connectivity index (χ3n) is 7.06. The van der Waals surface area contributed by atoms with E-state index in [2.05, 4.69) is 4.90 Å². The maximum absolute atomic E-state index is 15.3. The predicted molar refractivity (Wildman–Crippen MR) is 147 cm³/mol. The molecule has 2 aliphatic heterocycles. The van der Waals surface area contributed by atoms with Gasteiger partial charge in [0.05, 0.1) is 17.1 Å². The van der Waals surface area contributed by atoms with E-state index in [9.17, 15) is 0 Å². The Balaban J connectivity index is 1.67. The molecule has 3 nitrogen and oxygen atoms in total. The Morgan fingerprint density at radius 1 is 0.400 bits per heavy atom. The fourth-order valence-corrected chi connectivity index (χ4v) is 11.7. The lowest BCUT2D eigenvalue weighted by Crippen LogP contribution is -2.45. The molecule has 0 N–H and O–H groups in total. The van der Waals surface area contributed by atoms with Crippen LogP contribution in [-0.4, -0.2) is 0 Å². The van der Waals surface area contributed by atoms with Crippen molar-refractivity contribution in [2.75, 3.05) is 4.90 Å². The van der Waals surface area contributed by atoms with Gasteiger partial charge >= 0.3 is 0 Å². The molecule has 2 aliphatic rings. The fraction of sp³-hybridized carbons (Fsp3) is 0. The van der Waals surface area contributed by atoms with Crippen molar-refractivity contribution in [1.29, 1.82) is 0 Å². The van der Waals surface area contributed by atoms with Gasteiger partial charge in [0.15, 0.2) is 14.3 Å². The SMILES string of the molecule is O=P1(c2ccccc2)c2ccccc2N2c3ccccc3P(=O)(c3ccccc3)c3cccc1c32. The van der Waals surface area contributed by atoms with Crippen molar-refractivity contribution in [3.63, 3.8) is 0 Å². The van der Waals surface area contributed by atoms with Crippen LogP contribution >= 0.6 is 14.3 Å². The summed E-state index contributed by atoms with van der Waals surface area (Å²) in [5.41, 5.74) is 2.56. The monoisotopic (exact) mass is 489 g/mol. The highest BCUT2D eigenvalue weighted by Crippen LogP contribution is 2.60. The van der Waals surface area contributed by atoms with Crippen LogP contribution in [0.15, 0.2) is 127 Å². The smallest absolute Gasteiger partial charge is 0.175 e. The quantitative estimate of drug-likeness (QED) is 0.319. The zero-order valence-electron chi connectivity index (χ0n) is 18.8. The van der Waals surface area contributed by atoms with Crippen LogP contribution in [-0.2, 0) is 9.13 Å². The number of fused-ring (bicyclic) bond motifs is 4. The number of hydrogen-bond acceptors (Lipinski definition) is 3. The molecule has 0 aliphatic carbocycles. The Kier molecular flexibility index (Phi) is 4.39. The summed E-state index contributed by atoms with van der Waals surface area (Å²) >= 11 is 0. The molecule has 168 valence electrons. The molecular weight excluding hydrogens is 468 g/mol. The first-order valence-corrected chi connectivity index (χ1v) is 15.0. The molecule has 35 heavy (non-hydrogen) atoms. The molecular formula is C30H21NO2P2. The highest BCUT2D eigenvalue weighted by atomic mass is 31.2. The number of nitrogens with zero attached hydrogens (tertiary/aromatic N) is 1. The number of rotatable bonds is 2. The van der Waals surface area contributed by atoms with Crippen LogP contribution in [0.1, 0.15) is 0 Å². The first kappa shape index (κ1) is 20.7. The summed E-state index contributed by atoms with van der Waals surface area (Å²) < 4.78 is 30.5. The molecule has 0 saturated heterocycles. The molecule has 7 rings (SSSR count). The molecule has 0 aromatic heterocycles. The first-order valence-electron chi connectivity index (χ1n) is 11.6. The minimum Gasteiger partial charge on any atom is -0.308 e. The summed E-state index contributed by atoms with van der Waals surface area (Å²) in [7, 11) is -6.42. The molecule has 0 fully saturated rings. The van der Waals surface area contributed by atoms with Gasteiger partial charge in [0.1, 0.15) is 0 Å². The van der Waals surface area contributed by atoms with Crippen LogP contribution in [0.25, 0.3) is 0 Å². The molecule has 0 amide bonds.